The van der Waals surface area contributed by atoms with E-state index in [0.29, 0.717) is 11.2 Å². The van der Waals surface area contributed by atoms with Gasteiger partial charge in [0.2, 0.25) is 0 Å². The molecule has 0 amide bonds. The Labute approximate surface area is 146 Å². The third-order valence-electron chi connectivity index (χ3n) is 4.59. The molecule has 7 nitrogen and oxygen atoms in total. The molecule has 0 spiro atoms. The van der Waals surface area contributed by atoms with Crippen LogP contribution in [0.4, 0.5) is 11.5 Å². The number of aromatic nitrogens is 3. The van der Waals surface area contributed by atoms with Gasteiger partial charge in [-0.15, -0.1) is 0 Å². The predicted molar refractivity (Wildman–Crippen MR) is 97.6 cm³/mol. The van der Waals surface area contributed by atoms with Gasteiger partial charge in [-0.3, -0.25) is 0 Å². The number of rotatable bonds is 3. The second-order valence-corrected chi connectivity index (χ2v) is 6.70. The number of anilines is 2. The quantitative estimate of drug-likeness (QED) is 0.822. The molecule has 0 unspecified atom stereocenters. The second kappa shape index (κ2) is 6.90. The zero-order valence-corrected chi connectivity index (χ0v) is 14.4. The SMILES string of the molecule is S=C(Nc1cnn2ccc(N3CCCC3)nc12)NC1CCOCC1. The van der Waals surface area contributed by atoms with Crippen LogP contribution in [0.1, 0.15) is 25.7 Å². The van der Waals surface area contributed by atoms with Crippen LogP contribution < -0.4 is 15.5 Å². The lowest BCUT2D eigenvalue weighted by Gasteiger charge is -2.24. The molecule has 2 aromatic heterocycles. The molecule has 2 fully saturated rings. The second-order valence-electron chi connectivity index (χ2n) is 6.29. The first-order chi connectivity index (χ1) is 11.8. The topological polar surface area (TPSA) is 66.7 Å². The van der Waals surface area contributed by atoms with Crippen LogP contribution in [0.15, 0.2) is 18.5 Å². The van der Waals surface area contributed by atoms with E-state index in [1.54, 1.807) is 10.7 Å². The maximum absolute atomic E-state index is 5.45. The highest BCUT2D eigenvalue weighted by atomic mass is 32.1. The molecule has 2 aliphatic heterocycles. The van der Waals surface area contributed by atoms with Crippen LogP contribution in [0.25, 0.3) is 5.65 Å². The van der Waals surface area contributed by atoms with Gasteiger partial charge in [0.05, 0.1) is 6.20 Å². The highest BCUT2D eigenvalue weighted by Gasteiger charge is 2.17. The molecule has 2 aromatic rings. The Morgan fingerprint density at radius 3 is 2.83 bits per heavy atom. The lowest BCUT2D eigenvalue weighted by Crippen LogP contribution is -2.41. The smallest absolute Gasteiger partial charge is 0.180 e. The van der Waals surface area contributed by atoms with Crippen LogP contribution in [0.5, 0.6) is 0 Å². The first-order valence-electron chi connectivity index (χ1n) is 8.54. The summed E-state index contributed by atoms with van der Waals surface area (Å²) >= 11 is 5.45. The lowest BCUT2D eigenvalue weighted by molar-refractivity contribution is 0.0826. The highest BCUT2D eigenvalue weighted by Crippen LogP contribution is 2.21. The summed E-state index contributed by atoms with van der Waals surface area (Å²) in [4.78, 5) is 7.09. The minimum absolute atomic E-state index is 0.369. The average molecular weight is 346 g/mol. The van der Waals surface area contributed by atoms with Crippen molar-refractivity contribution in [2.24, 2.45) is 0 Å². The fourth-order valence-electron chi connectivity index (χ4n) is 3.26. The number of nitrogens with one attached hydrogen (secondary N) is 2. The van der Waals surface area contributed by atoms with Crippen molar-refractivity contribution in [3.63, 3.8) is 0 Å². The van der Waals surface area contributed by atoms with Crippen LogP contribution in [0.3, 0.4) is 0 Å². The van der Waals surface area contributed by atoms with Crippen LogP contribution in [-0.2, 0) is 4.74 Å². The van der Waals surface area contributed by atoms with Gasteiger partial charge in [-0.05, 0) is 44.0 Å². The summed E-state index contributed by atoms with van der Waals surface area (Å²) in [5.41, 5.74) is 1.64. The van der Waals surface area contributed by atoms with E-state index >= 15 is 0 Å². The number of thiocarbonyl (C=S) groups is 1. The zero-order valence-electron chi connectivity index (χ0n) is 13.6. The molecule has 0 aliphatic carbocycles. The van der Waals surface area contributed by atoms with Crippen LogP contribution in [0.2, 0.25) is 0 Å². The molecule has 0 bridgehead atoms. The van der Waals surface area contributed by atoms with E-state index in [1.165, 1.54) is 12.8 Å². The number of fused-ring (bicyclic) bond motifs is 1. The van der Waals surface area contributed by atoms with Crippen molar-refractivity contribution in [3.8, 4) is 0 Å². The minimum atomic E-state index is 0.369. The molecule has 8 heteroatoms. The van der Waals surface area contributed by atoms with E-state index in [2.05, 4.69) is 20.6 Å². The van der Waals surface area contributed by atoms with Crippen molar-refractivity contribution in [1.82, 2.24) is 19.9 Å². The fraction of sp³-hybridized carbons (Fsp3) is 0.562. The third-order valence-corrected chi connectivity index (χ3v) is 4.81. The van der Waals surface area contributed by atoms with Gasteiger partial charge in [0.25, 0.3) is 0 Å². The molecule has 0 atom stereocenters. The maximum Gasteiger partial charge on any atom is 0.180 e. The van der Waals surface area contributed by atoms with Crippen LogP contribution in [0, 0.1) is 0 Å². The van der Waals surface area contributed by atoms with E-state index in [-0.39, 0.29) is 0 Å². The molecule has 4 rings (SSSR count). The largest absolute Gasteiger partial charge is 0.381 e. The van der Waals surface area contributed by atoms with Gasteiger partial charge in [-0.1, -0.05) is 0 Å². The van der Waals surface area contributed by atoms with Crippen molar-refractivity contribution in [2.45, 2.75) is 31.7 Å². The molecular weight excluding hydrogens is 324 g/mol. The Hall–Kier alpha value is -1.93. The van der Waals surface area contributed by atoms with E-state index in [1.807, 2.05) is 12.3 Å². The molecule has 128 valence electrons. The lowest BCUT2D eigenvalue weighted by atomic mass is 10.1. The van der Waals surface area contributed by atoms with E-state index in [4.69, 9.17) is 21.9 Å². The van der Waals surface area contributed by atoms with Crippen molar-refractivity contribution in [2.75, 3.05) is 36.5 Å². The Morgan fingerprint density at radius 2 is 2.04 bits per heavy atom. The first kappa shape index (κ1) is 15.6. The molecule has 0 saturated carbocycles. The monoisotopic (exact) mass is 346 g/mol. The fourth-order valence-corrected chi connectivity index (χ4v) is 3.53. The molecule has 2 aliphatic rings. The molecule has 0 aromatic carbocycles. The van der Waals surface area contributed by atoms with Gasteiger partial charge >= 0.3 is 0 Å². The van der Waals surface area contributed by atoms with E-state index in [0.717, 1.165) is 56.3 Å². The van der Waals surface area contributed by atoms with Crippen LogP contribution >= 0.6 is 12.2 Å². The molecular formula is C16H22N6OS. The van der Waals surface area contributed by atoms with Crippen molar-refractivity contribution >= 4 is 34.5 Å². The zero-order chi connectivity index (χ0) is 16.4. The number of hydrogen-bond donors (Lipinski definition) is 2. The number of nitrogens with zero attached hydrogens (tertiary/aromatic N) is 4. The number of ether oxygens (including phenoxy) is 1. The summed E-state index contributed by atoms with van der Waals surface area (Å²) in [6, 6.07) is 2.39. The van der Waals surface area contributed by atoms with Crippen molar-refractivity contribution in [1.29, 1.82) is 0 Å². The summed E-state index contributed by atoms with van der Waals surface area (Å²) in [5.74, 6) is 1.01. The van der Waals surface area contributed by atoms with Gasteiger partial charge in [0.15, 0.2) is 10.8 Å². The van der Waals surface area contributed by atoms with Gasteiger partial charge in [-0.25, -0.2) is 9.50 Å². The van der Waals surface area contributed by atoms with Gasteiger partial charge < -0.3 is 20.3 Å². The van der Waals surface area contributed by atoms with Gasteiger partial charge in [0, 0.05) is 38.5 Å². The Morgan fingerprint density at radius 1 is 1.25 bits per heavy atom. The molecule has 24 heavy (non-hydrogen) atoms. The summed E-state index contributed by atoms with van der Waals surface area (Å²) in [6.45, 7) is 3.73. The Bertz CT molecular complexity index is 720. The van der Waals surface area contributed by atoms with Crippen LogP contribution in [-0.4, -0.2) is 52.1 Å². The summed E-state index contributed by atoms with van der Waals surface area (Å²) in [7, 11) is 0. The van der Waals surface area contributed by atoms with Gasteiger partial charge in [-0.2, -0.15) is 5.10 Å². The summed E-state index contributed by atoms with van der Waals surface area (Å²) < 4.78 is 7.15. The van der Waals surface area contributed by atoms with Gasteiger partial charge in [0.1, 0.15) is 11.5 Å². The first-order valence-corrected chi connectivity index (χ1v) is 8.95. The molecule has 0 radical (unpaired) electrons. The highest BCUT2D eigenvalue weighted by molar-refractivity contribution is 7.80. The maximum atomic E-state index is 5.45. The Balaban J connectivity index is 1.48. The average Bonchev–Trinajstić information content (AvgIpc) is 3.26. The van der Waals surface area contributed by atoms with Crippen molar-refractivity contribution in [3.05, 3.63) is 18.5 Å². The standard InChI is InChI=1S/C16H22N6OS/c24-16(18-12-4-9-23-10-5-12)19-13-11-17-22-8-3-14(20-15(13)22)21-6-1-2-7-21/h3,8,11-12H,1-2,4-7,9-10H2,(H2,18,19,24). The van der Waals surface area contributed by atoms with E-state index < -0.39 is 0 Å². The number of hydrogen-bond acceptors (Lipinski definition) is 5. The van der Waals surface area contributed by atoms with Crippen molar-refractivity contribution < 1.29 is 4.74 Å². The predicted octanol–water partition coefficient (Wildman–Crippen LogP) is 1.79. The molecule has 2 N–H and O–H groups in total. The minimum Gasteiger partial charge on any atom is -0.381 e. The molecule has 4 heterocycles. The third kappa shape index (κ3) is 3.29. The van der Waals surface area contributed by atoms with E-state index in [9.17, 15) is 0 Å². The normalized spacial score (nSPS) is 18.9. The Kier molecular flexibility index (Phi) is 4.48. The molecule has 2 saturated heterocycles. The summed E-state index contributed by atoms with van der Waals surface area (Å²) in [6.07, 6.45) is 8.15. The summed E-state index contributed by atoms with van der Waals surface area (Å²) in [5, 5.41) is 11.6.